The number of anilines is 2. The lowest BCUT2D eigenvalue weighted by Gasteiger charge is -2.37. The zero-order valence-corrected chi connectivity index (χ0v) is 14.6. The summed E-state index contributed by atoms with van der Waals surface area (Å²) >= 11 is 1.63. The Morgan fingerprint density at radius 1 is 1.24 bits per heavy atom. The Kier molecular flexibility index (Phi) is 4.05. The molecule has 0 radical (unpaired) electrons. The number of nitrogen functional groups attached to an aromatic ring is 1. The van der Waals surface area contributed by atoms with Crippen LogP contribution in [-0.2, 0) is 6.42 Å². The maximum absolute atomic E-state index is 13.4. The maximum atomic E-state index is 13.4. The third kappa shape index (κ3) is 2.82. The van der Waals surface area contributed by atoms with Crippen LogP contribution in [0.1, 0.15) is 22.2 Å². The minimum absolute atomic E-state index is 0.0585. The van der Waals surface area contributed by atoms with Crippen LogP contribution in [0.25, 0.3) is 0 Å². The SMILES string of the molecule is COc1ccc(N)c(C2c3scnc3CCN2c2ccc(F)cc2)c1. The largest absolute Gasteiger partial charge is 0.497 e. The predicted octanol–water partition coefficient (Wildman–Crippen LogP) is 4.03. The quantitative estimate of drug-likeness (QED) is 0.721. The zero-order chi connectivity index (χ0) is 17.4. The van der Waals surface area contributed by atoms with E-state index in [0.29, 0.717) is 5.69 Å². The normalized spacial score (nSPS) is 16.6. The highest BCUT2D eigenvalue weighted by Crippen LogP contribution is 2.42. The molecule has 25 heavy (non-hydrogen) atoms. The van der Waals surface area contributed by atoms with Crippen LogP contribution in [0.2, 0.25) is 0 Å². The first-order valence-corrected chi connectivity index (χ1v) is 8.93. The summed E-state index contributed by atoms with van der Waals surface area (Å²) in [6, 6.07) is 12.2. The van der Waals surface area contributed by atoms with Gasteiger partial charge in [0, 0.05) is 29.9 Å². The van der Waals surface area contributed by atoms with Gasteiger partial charge >= 0.3 is 0 Å². The summed E-state index contributed by atoms with van der Waals surface area (Å²) in [5, 5.41) is 0. The van der Waals surface area contributed by atoms with E-state index in [4.69, 9.17) is 10.5 Å². The van der Waals surface area contributed by atoms with Gasteiger partial charge in [-0.25, -0.2) is 9.37 Å². The number of hydrogen-bond donors (Lipinski definition) is 1. The first-order valence-electron chi connectivity index (χ1n) is 8.05. The average Bonchev–Trinajstić information content (AvgIpc) is 3.11. The fourth-order valence-corrected chi connectivity index (χ4v) is 4.29. The Hall–Kier alpha value is -2.60. The fraction of sp³-hybridized carbons (Fsp3) is 0.211. The van der Waals surface area contributed by atoms with Crippen LogP contribution in [0.5, 0.6) is 5.75 Å². The highest BCUT2D eigenvalue weighted by atomic mass is 32.1. The molecule has 6 heteroatoms. The van der Waals surface area contributed by atoms with E-state index in [9.17, 15) is 4.39 Å². The van der Waals surface area contributed by atoms with Gasteiger partial charge in [-0.1, -0.05) is 0 Å². The molecule has 2 N–H and O–H groups in total. The van der Waals surface area contributed by atoms with Crippen molar-refractivity contribution < 1.29 is 9.13 Å². The summed E-state index contributed by atoms with van der Waals surface area (Å²) in [4.78, 5) is 7.94. The van der Waals surface area contributed by atoms with E-state index in [2.05, 4.69) is 9.88 Å². The standard InChI is InChI=1S/C19H18FN3OS/c1-24-14-6-7-16(21)15(10-14)18-19-17(22-11-25-19)8-9-23(18)13-4-2-12(20)3-5-13/h2-7,10-11,18H,8-9,21H2,1H3. The van der Waals surface area contributed by atoms with Crippen LogP contribution in [0.4, 0.5) is 15.8 Å². The van der Waals surface area contributed by atoms with E-state index >= 15 is 0 Å². The highest BCUT2D eigenvalue weighted by Gasteiger charge is 2.32. The Morgan fingerprint density at radius 3 is 2.80 bits per heavy atom. The van der Waals surface area contributed by atoms with E-state index in [-0.39, 0.29) is 11.9 Å². The zero-order valence-electron chi connectivity index (χ0n) is 13.8. The van der Waals surface area contributed by atoms with Crippen molar-refractivity contribution in [2.24, 2.45) is 0 Å². The number of rotatable bonds is 3. The molecule has 1 atom stereocenters. The number of thiazole rings is 1. The molecule has 128 valence electrons. The summed E-state index contributed by atoms with van der Waals surface area (Å²) in [6.45, 7) is 0.795. The molecule has 1 unspecified atom stereocenters. The van der Waals surface area contributed by atoms with Gasteiger partial charge in [-0.15, -0.1) is 11.3 Å². The summed E-state index contributed by atoms with van der Waals surface area (Å²) in [7, 11) is 1.64. The number of methoxy groups -OCH3 is 1. The number of nitrogens with two attached hydrogens (primary N) is 1. The second-order valence-corrected chi connectivity index (χ2v) is 6.87. The molecule has 2 aromatic carbocycles. The van der Waals surface area contributed by atoms with Crippen molar-refractivity contribution >= 4 is 22.7 Å². The van der Waals surface area contributed by atoms with Crippen LogP contribution in [0, 0.1) is 5.82 Å². The molecule has 0 aliphatic carbocycles. The molecule has 4 nitrogen and oxygen atoms in total. The number of nitrogens with zero attached hydrogens (tertiary/aromatic N) is 2. The molecule has 0 spiro atoms. The summed E-state index contributed by atoms with van der Waals surface area (Å²) < 4.78 is 18.8. The Labute approximate surface area is 149 Å². The van der Waals surface area contributed by atoms with Crippen LogP contribution >= 0.6 is 11.3 Å². The van der Waals surface area contributed by atoms with Gasteiger partial charge in [0.1, 0.15) is 11.6 Å². The maximum Gasteiger partial charge on any atom is 0.123 e. The Bertz CT molecular complexity index is 894. The second-order valence-electron chi connectivity index (χ2n) is 5.98. The molecule has 2 heterocycles. The first kappa shape index (κ1) is 15.9. The molecule has 0 saturated heterocycles. The van der Waals surface area contributed by atoms with Crippen molar-refractivity contribution in [3.8, 4) is 5.75 Å². The van der Waals surface area contributed by atoms with E-state index < -0.39 is 0 Å². The number of benzene rings is 2. The van der Waals surface area contributed by atoms with Crippen LogP contribution in [0.15, 0.2) is 48.0 Å². The van der Waals surface area contributed by atoms with Gasteiger partial charge in [0.15, 0.2) is 0 Å². The highest BCUT2D eigenvalue weighted by molar-refractivity contribution is 7.09. The van der Waals surface area contributed by atoms with Crippen LogP contribution in [-0.4, -0.2) is 18.6 Å². The van der Waals surface area contributed by atoms with Crippen molar-refractivity contribution in [3.05, 3.63) is 69.9 Å². The minimum Gasteiger partial charge on any atom is -0.497 e. The van der Waals surface area contributed by atoms with Gasteiger partial charge in [-0.3, -0.25) is 0 Å². The summed E-state index contributed by atoms with van der Waals surface area (Å²) in [6.07, 6.45) is 0.858. The minimum atomic E-state index is -0.239. The van der Waals surface area contributed by atoms with Gasteiger partial charge < -0.3 is 15.4 Å². The van der Waals surface area contributed by atoms with E-state index in [1.54, 1.807) is 18.4 Å². The molecule has 0 amide bonds. The molecule has 1 aliphatic rings. The molecule has 0 bridgehead atoms. The fourth-order valence-electron chi connectivity index (χ4n) is 3.32. The monoisotopic (exact) mass is 355 g/mol. The van der Waals surface area contributed by atoms with Gasteiger partial charge in [-0.2, -0.15) is 0 Å². The number of fused-ring (bicyclic) bond motifs is 1. The third-order valence-electron chi connectivity index (χ3n) is 4.57. The molecule has 0 saturated carbocycles. The average molecular weight is 355 g/mol. The van der Waals surface area contributed by atoms with Crippen molar-refractivity contribution in [2.45, 2.75) is 12.5 Å². The topological polar surface area (TPSA) is 51.4 Å². The van der Waals surface area contributed by atoms with Crippen molar-refractivity contribution in [2.75, 3.05) is 24.3 Å². The van der Waals surface area contributed by atoms with Crippen molar-refractivity contribution in [3.63, 3.8) is 0 Å². The molecular weight excluding hydrogens is 337 g/mol. The lowest BCUT2D eigenvalue weighted by Crippen LogP contribution is -2.36. The number of aromatic nitrogens is 1. The number of halogens is 1. The van der Waals surface area contributed by atoms with Gasteiger partial charge in [0.25, 0.3) is 0 Å². The van der Waals surface area contributed by atoms with E-state index in [1.807, 2.05) is 35.8 Å². The van der Waals surface area contributed by atoms with Crippen LogP contribution in [0.3, 0.4) is 0 Å². The third-order valence-corrected chi connectivity index (χ3v) is 5.49. The molecule has 3 aromatic rings. The summed E-state index contributed by atoms with van der Waals surface area (Å²) in [5.41, 5.74) is 11.9. The van der Waals surface area contributed by atoms with Gasteiger partial charge in [0.05, 0.1) is 29.2 Å². The Morgan fingerprint density at radius 2 is 2.04 bits per heavy atom. The number of hydrogen-bond acceptors (Lipinski definition) is 5. The smallest absolute Gasteiger partial charge is 0.123 e. The molecular formula is C19H18FN3OS. The van der Waals surface area contributed by atoms with Gasteiger partial charge in [-0.05, 0) is 42.5 Å². The summed E-state index contributed by atoms with van der Waals surface area (Å²) in [5.74, 6) is 0.525. The molecule has 0 fully saturated rings. The number of ether oxygens (including phenoxy) is 1. The van der Waals surface area contributed by atoms with Gasteiger partial charge in [0.2, 0.25) is 0 Å². The molecule has 1 aromatic heterocycles. The van der Waals surface area contributed by atoms with Crippen LogP contribution < -0.4 is 15.4 Å². The van der Waals surface area contributed by atoms with E-state index in [1.165, 1.54) is 17.0 Å². The second kappa shape index (κ2) is 6.37. The van der Waals surface area contributed by atoms with E-state index in [0.717, 1.165) is 35.7 Å². The Balaban J connectivity index is 1.86. The first-order chi connectivity index (χ1) is 12.2. The van der Waals surface area contributed by atoms with Crippen molar-refractivity contribution in [1.82, 2.24) is 4.98 Å². The van der Waals surface area contributed by atoms with Crippen molar-refractivity contribution in [1.29, 1.82) is 0 Å². The molecule has 1 aliphatic heterocycles. The lowest BCUT2D eigenvalue weighted by molar-refractivity contribution is 0.414. The predicted molar refractivity (Wildman–Crippen MR) is 98.8 cm³/mol. The molecule has 4 rings (SSSR count). The lowest BCUT2D eigenvalue weighted by atomic mass is 9.95.